The maximum Gasteiger partial charge on any atom is 0.255 e. The molecule has 1 aromatic carbocycles. The van der Waals surface area contributed by atoms with Crippen LogP contribution in [-0.4, -0.2) is 46.7 Å². The summed E-state index contributed by atoms with van der Waals surface area (Å²) in [6.07, 6.45) is 3.63. The van der Waals surface area contributed by atoms with Crippen LogP contribution >= 0.6 is 0 Å². The first-order chi connectivity index (χ1) is 13.1. The van der Waals surface area contributed by atoms with Crippen LogP contribution in [0.2, 0.25) is 0 Å². The number of pyridine rings is 1. The van der Waals surface area contributed by atoms with Gasteiger partial charge in [-0.15, -0.1) is 0 Å². The SMILES string of the molecule is COc1ccccc1-c1cn(C)c2cc(C(=O)N3CCC(F)CC3)cnc12. The molecule has 3 aromatic rings. The molecule has 0 unspecified atom stereocenters. The number of fused-ring (bicyclic) bond motifs is 1. The standard InChI is InChI=1S/C21H22FN3O2/c1-24-13-17(16-5-3-4-6-19(16)27-2)20-18(24)11-14(12-23-20)21(26)25-9-7-15(22)8-10-25/h3-6,11-13,15H,7-10H2,1-2H3. The molecule has 4 rings (SSSR count). The second kappa shape index (κ2) is 7.02. The van der Waals surface area contributed by atoms with Crippen molar-refractivity contribution in [3.63, 3.8) is 0 Å². The van der Waals surface area contributed by atoms with E-state index >= 15 is 0 Å². The lowest BCUT2D eigenvalue weighted by molar-refractivity contribution is 0.0666. The zero-order chi connectivity index (χ0) is 19.0. The van der Waals surface area contributed by atoms with Gasteiger partial charge in [-0.1, -0.05) is 18.2 Å². The van der Waals surface area contributed by atoms with Gasteiger partial charge in [0.2, 0.25) is 0 Å². The lowest BCUT2D eigenvalue weighted by Crippen LogP contribution is -2.39. The highest BCUT2D eigenvalue weighted by atomic mass is 19.1. The molecule has 0 aliphatic carbocycles. The third kappa shape index (κ3) is 3.16. The molecule has 5 nitrogen and oxygen atoms in total. The highest BCUT2D eigenvalue weighted by molar-refractivity contribution is 6.00. The average Bonchev–Trinajstić information content (AvgIpc) is 3.04. The summed E-state index contributed by atoms with van der Waals surface area (Å²) in [5.74, 6) is 0.692. The Bertz CT molecular complexity index is 990. The summed E-state index contributed by atoms with van der Waals surface area (Å²) in [5.41, 5.74) is 4.15. The molecule has 0 atom stereocenters. The Balaban J connectivity index is 1.72. The van der Waals surface area contributed by atoms with Crippen molar-refractivity contribution in [2.45, 2.75) is 19.0 Å². The van der Waals surface area contributed by atoms with E-state index in [0.29, 0.717) is 31.5 Å². The van der Waals surface area contributed by atoms with Crippen molar-refractivity contribution >= 4 is 16.9 Å². The van der Waals surface area contributed by atoms with E-state index in [-0.39, 0.29) is 5.91 Å². The molecule has 0 radical (unpaired) electrons. The second-order valence-corrected chi connectivity index (χ2v) is 6.91. The zero-order valence-electron chi connectivity index (χ0n) is 15.5. The summed E-state index contributed by atoms with van der Waals surface area (Å²) in [7, 11) is 3.58. The maximum atomic E-state index is 13.3. The molecule has 0 spiro atoms. The highest BCUT2D eigenvalue weighted by Gasteiger charge is 2.24. The van der Waals surface area contributed by atoms with Crippen molar-refractivity contribution < 1.29 is 13.9 Å². The van der Waals surface area contributed by atoms with Gasteiger partial charge in [0.15, 0.2) is 0 Å². The Morgan fingerprint density at radius 1 is 1.22 bits per heavy atom. The maximum absolute atomic E-state index is 13.3. The van der Waals surface area contributed by atoms with Crippen LogP contribution in [0.1, 0.15) is 23.2 Å². The van der Waals surface area contributed by atoms with E-state index < -0.39 is 6.17 Å². The number of likely N-dealkylation sites (tertiary alicyclic amines) is 1. The van der Waals surface area contributed by atoms with Crippen molar-refractivity contribution in [1.29, 1.82) is 0 Å². The molecule has 1 amide bonds. The number of nitrogens with zero attached hydrogens (tertiary/aromatic N) is 3. The van der Waals surface area contributed by atoms with Crippen LogP contribution in [-0.2, 0) is 7.05 Å². The number of halogens is 1. The number of benzene rings is 1. The van der Waals surface area contributed by atoms with Crippen LogP contribution in [0, 0.1) is 0 Å². The van der Waals surface area contributed by atoms with E-state index in [2.05, 4.69) is 4.98 Å². The number of piperidine rings is 1. The molecule has 0 N–H and O–H groups in total. The van der Waals surface area contributed by atoms with Crippen molar-refractivity contribution in [3.8, 4) is 16.9 Å². The lowest BCUT2D eigenvalue weighted by Gasteiger charge is -2.28. The monoisotopic (exact) mass is 367 g/mol. The lowest BCUT2D eigenvalue weighted by atomic mass is 10.1. The van der Waals surface area contributed by atoms with Crippen molar-refractivity contribution in [2.75, 3.05) is 20.2 Å². The van der Waals surface area contributed by atoms with Gasteiger partial charge in [-0.25, -0.2) is 4.39 Å². The molecule has 1 aliphatic heterocycles. The Morgan fingerprint density at radius 2 is 1.96 bits per heavy atom. The van der Waals surface area contributed by atoms with Gasteiger partial charge in [0, 0.05) is 43.7 Å². The first-order valence-electron chi connectivity index (χ1n) is 9.10. The Hall–Kier alpha value is -2.89. The zero-order valence-corrected chi connectivity index (χ0v) is 15.5. The molecule has 1 fully saturated rings. The fourth-order valence-corrected chi connectivity index (χ4v) is 3.67. The first kappa shape index (κ1) is 17.5. The van der Waals surface area contributed by atoms with Gasteiger partial charge >= 0.3 is 0 Å². The van der Waals surface area contributed by atoms with Gasteiger partial charge in [0.25, 0.3) is 5.91 Å². The number of methoxy groups -OCH3 is 1. The third-order valence-electron chi connectivity index (χ3n) is 5.18. The quantitative estimate of drug-likeness (QED) is 0.707. The molecule has 6 heteroatoms. The number of hydrogen-bond acceptors (Lipinski definition) is 3. The van der Waals surface area contributed by atoms with E-state index in [1.807, 2.05) is 48.1 Å². The molecule has 140 valence electrons. The third-order valence-corrected chi connectivity index (χ3v) is 5.18. The van der Waals surface area contributed by atoms with E-state index in [4.69, 9.17) is 4.74 Å². The van der Waals surface area contributed by atoms with E-state index in [1.54, 1.807) is 18.2 Å². The normalized spacial score (nSPS) is 15.3. The minimum Gasteiger partial charge on any atom is -0.496 e. The predicted molar refractivity (Wildman–Crippen MR) is 103 cm³/mol. The topological polar surface area (TPSA) is 47.4 Å². The average molecular weight is 367 g/mol. The van der Waals surface area contributed by atoms with Crippen LogP contribution in [0.5, 0.6) is 5.75 Å². The molecule has 0 bridgehead atoms. The number of aryl methyl sites for hydroxylation is 1. The van der Waals surface area contributed by atoms with Crippen LogP contribution in [0.25, 0.3) is 22.2 Å². The molecule has 0 saturated carbocycles. The van der Waals surface area contributed by atoms with Crippen molar-refractivity contribution in [1.82, 2.24) is 14.5 Å². The summed E-state index contributed by atoms with van der Waals surface area (Å²) in [6.45, 7) is 0.912. The minimum atomic E-state index is -0.800. The second-order valence-electron chi connectivity index (χ2n) is 6.91. The van der Waals surface area contributed by atoms with Gasteiger partial charge in [0.1, 0.15) is 11.9 Å². The van der Waals surface area contributed by atoms with Crippen molar-refractivity contribution in [2.24, 2.45) is 7.05 Å². The molecule has 27 heavy (non-hydrogen) atoms. The van der Waals surface area contributed by atoms with Crippen LogP contribution in [0.4, 0.5) is 4.39 Å². The van der Waals surface area contributed by atoms with Crippen molar-refractivity contribution in [3.05, 3.63) is 48.3 Å². The van der Waals surface area contributed by atoms with Gasteiger partial charge < -0.3 is 14.2 Å². The largest absolute Gasteiger partial charge is 0.496 e. The summed E-state index contributed by atoms with van der Waals surface area (Å²) in [4.78, 5) is 19.1. The van der Waals surface area contributed by atoms with E-state index in [9.17, 15) is 9.18 Å². The fourth-order valence-electron chi connectivity index (χ4n) is 3.67. The number of alkyl halides is 1. The summed E-state index contributed by atoms with van der Waals surface area (Å²) in [5, 5.41) is 0. The summed E-state index contributed by atoms with van der Waals surface area (Å²) < 4.78 is 20.8. The van der Waals surface area contributed by atoms with Gasteiger partial charge in [-0.2, -0.15) is 0 Å². The summed E-state index contributed by atoms with van der Waals surface area (Å²) in [6, 6.07) is 9.67. The Labute approximate surface area is 157 Å². The fraction of sp³-hybridized carbons (Fsp3) is 0.333. The smallest absolute Gasteiger partial charge is 0.255 e. The molecular formula is C21H22FN3O2. The molecule has 3 heterocycles. The van der Waals surface area contributed by atoms with Crippen LogP contribution < -0.4 is 4.74 Å². The predicted octanol–water partition coefficient (Wildman–Crippen LogP) is 3.82. The Morgan fingerprint density at radius 3 is 2.70 bits per heavy atom. The van der Waals surface area contributed by atoms with E-state index in [1.165, 1.54) is 0 Å². The summed E-state index contributed by atoms with van der Waals surface area (Å²) >= 11 is 0. The molecule has 1 saturated heterocycles. The Kier molecular flexibility index (Phi) is 4.56. The number of carbonyl (C=O) groups is 1. The number of para-hydroxylation sites is 1. The number of rotatable bonds is 3. The minimum absolute atomic E-state index is 0.0867. The molecular weight excluding hydrogens is 345 g/mol. The first-order valence-corrected chi connectivity index (χ1v) is 9.10. The number of carbonyl (C=O) groups excluding carboxylic acids is 1. The number of ether oxygens (including phenoxy) is 1. The van der Waals surface area contributed by atoms with Gasteiger partial charge in [-0.3, -0.25) is 9.78 Å². The molecule has 1 aliphatic rings. The number of amides is 1. The number of hydrogen-bond donors (Lipinski definition) is 0. The van der Waals surface area contributed by atoms with E-state index in [0.717, 1.165) is 27.9 Å². The van der Waals surface area contributed by atoms with Gasteiger partial charge in [-0.05, 0) is 25.0 Å². The van der Waals surface area contributed by atoms with Gasteiger partial charge in [0.05, 0.1) is 23.7 Å². The van der Waals surface area contributed by atoms with Crippen LogP contribution in [0.3, 0.4) is 0 Å². The molecule has 2 aromatic heterocycles. The number of aromatic nitrogens is 2. The highest BCUT2D eigenvalue weighted by Crippen LogP contribution is 2.35. The van der Waals surface area contributed by atoms with Crippen LogP contribution in [0.15, 0.2) is 42.7 Å².